The second kappa shape index (κ2) is 15.9. The van der Waals surface area contributed by atoms with Gasteiger partial charge in [-0.3, -0.25) is 0 Å². The topological polar surface area (TPSA) is 0 Å². The molecule has 10 aromatic rings. The zero-order valence-corrected chi connectivity index (χ0v) is 33.4. The van der Waals surface area contributed by atoms with Gasteiger partial charge in [0.1, 0.15) is 0 Å². The van der Waals surface area contributed by atoms with Crippen LogP contribution in [0.15, 0.2) is 244 Å². The molecule has 60 heavy (non-hydrogen) atoms. The van der Waals surface area contributed by atoms with Gasteiger partial charge in [0.2, 0.25) is 0 Å². The minimum Gasteiger partial charge on any atom is -0.0905 e. The van der Waals surface area contributed by atoms with E-state index < -0.39 is 0 Å². The van der Waals surface area contributed by atoms with Gasteiger partial charge in [0.05, 0.1) is 0 Å². The Labute approximate surface area is 352 Å². The molecule has 0 aromatic heterocycles. The van der Waals surface area contributed by atoms with Crippen molar-refractivity contribution in [1.29, 1.82) is 0 Å². The molecule has 10 rings (SSSR count). The minimum atomic E-state index is 1.01. The standard InChI is InChI=1S/C60H42/c1-41(51-27-11-19-45-15-3-7-23-53(45)51)43-31-35-49(36-32-43)57(59-29-13-21-47-17-5-9-25-55(47)59)39-40-58(60-30-14-22-48-18-6-10-26-56(48)60)50-37-33-44(34-38-50)42(2)52-28-12-20-46-16-4-8-24-54(46)52/h3-40H,1-2H2/b57-39-,58-40-. The lowest BCUT2D eigenvalue weighted by Crippen LogP contribution is -1.94. The second-order valence-electron chi connectivity index (χ2n) is 15.4. The molecule has 0 aliphatic carbocycles. The monoisotopic (exact) mass is 762 g/mol. The SMILES string of the molecule is C=C(c1ccc(/C(=C/C=C(/c2ccc(C(=C)c3cccc4ccccc34)cc2)c2cccc3ccccc23)c2cccc3ccccc23)cc1)c1cccc2ccccc12. The van der Waals surface area contributed by atoms with Crippen molar-refractivity contribution in [1.82, 2.24) is 0 Å². The summed E-state index contributed by atoms with van der Waals surface area (Å²) in [4.78, 5) is 0. The van der Waals surface area contributed by atoms with Gasteiger partial charge in [-0.25, -0.2) is 0 Å². The summed E-state index contributed by atoms with van der Waals surface area (Å²) in [5.41, 5.74) is 13.5. The van der Waals surface area contributed by atoms with E-state index in [1.54, 1.807) is 0 Å². The highest BCUT2D eigenvalue weighted by Crippen LogP contribution is 2.37. The zero-order valence-electron chi connectivity index (χ0n) is 33.4. The maximum atomic E-state index is 4.59. The van der Waals surface area contributed by atoms with Gasteiger partial charge < -0.3 is 0 Å². The molecule has 0 amide bonds. The average molecular weight is 763 g/mol. The predicted octanol–water partition coefficient (Wildman–Crippen LogP) is 16.0. The van der Waals surface area contributed by atoms with Gasteiger partial charge in [-0.15, -0.1) is 0 Å². The van der Waals surface area contributed by atoms with E-state index in [1.807, 2.05) is 0 Å². The molecule has 0 saturated carbocycles. The third-order valence-corrected chi connectivity index (χ3v) is 11.9. The van der Waals surface area contributed by atoms with E-state index in [9.17, 15) is 0 Å². The van der Waals surface area contributed by atoms with Crippen LogP contribution in [0.2, 0.25) is 0 Å². The Morgan fingerprint density at radius 1 is 0.250 bits per heavy atom. The van der Waals surface area contributed by atoms with Crippen LogP contribution in [0.25, 0.3) is 65.4 Å². The lowest BCUT2D eigenvalue weighted by molar-refractivity contribution is 1.52. The molecule has 0 spiro atoms. The van der Waals surface area contributed by atoms with Crippen molar-refractivity contribution in [2.24, 2.45) is 0 Å². The van der Waals surface area contributed by atoms with Crippen molar-refractivity contribution in [3.05, 3.63) is 288 Å². The molecular formula is C60H42. The molecule has 0 aliphatic heterocycles. The lowest BCUT2D eigenvalue weighted by Gasteiger charge is -2.16. The van der Waals surface area contributed by atoms with Gasteiger partial charge in [-0.2, -0.15) is 0 Å². The third kappa shape index (κ3) is 6.85. The quantitative estimate of drug-likeness (QED) is 0.129. The zero-order chi connectivity index (χ0) is 40.4. The van der Waals surface area contributed by atoms with Crippen LogP contribution < -0.4 is 0 Å². The molecule has 0 unspecified atom stereocenters. The molecule has 0 bridgehead atoms. The van der Waals surface area contributed by atoms with E-state index >= 15 is 0 Å². The van der Waals surface area contributed by atoms with Crippen LogP contribution in [0.4, 0.5) is 0 Å². The molecule has 0 N–H and O–H groups in total. The second-order valence-corrected chi connectivity index (χ2v) is 15.4. The van der Waals surface area contributed by atoms with E-state index in [2.05, 4.69) is 244 Å². The van der Waals surface area contributed by atoms with Crippen LogP contribution in [0.1, 0.15) is 44.5 Å². The van der Waals surface area contributed by atoms with Crippen LogP contribution in [-0.4, -0.2) is 0 Å². The van der Waals surface area contributed by atoms with E-state index in [4.69, 9.17) is 0 Å². The Morgan fingerprint density at radius 2 is 0.500 bits per heavy atom. The number of hydrogen-bond acceptors (Lipinski definition) is 0. The minimum absolute atomic E-state index is 1.01. The van der Waals surface area contributed by atoms with Gasteiger partial charge in [-0.05, 0) is 110 Å². The smallest absolute Gasteiger partial charge is 0.00994 e. The first-order valence-electron chi connectivity index (χ1n) is 20.5. The van der Waals surface area contributed by atoms with Gasteiger partial charge in [0.15, 0.2) is 0 Å². The predicted molar refractivity (Wildman–Crippen MR) is 259 cm³/mol. The lowest BCUT2D eigenvalue weighted by atomic mass is 9.88. The van der Waals surface area contributed by atoms with Gasteiger partial charge in [0, 0.05) is 0 Å². The van der Waals surface area contributed by atoms with E-state index in [-0.39, 0.29) is 0 Å². The van der Waals surface area contributed by atoms with E-state index in [0.717, 1.165) is 55.7 Å². The molecule has 0 heteroatoms. The first-order valence-corrected chi connectivity index (χ1v) is 20.5. The fourth-order valence-corrected chi connectivity index (χ4v) is 8.76. The molecule has 10 aromatic carbocycles. The van der Waals surface area contributed by atoms with Crippen molar-refractivity contribution < 1.29 is 0 Å². The normalized spacial score (nSPS) is 12.0. The number of fused-ring (bicyclic) bond motifs is 4. The van der Waals surface area contributed by atoms with Crippen LogP contribution in [0, 0.1) is 0 Å². The Morgan fingerprint density at radius 3 is 0.833 bits per heavy atom. The molecule has 0 fully saturated rings. The largest absolute Gasteiger partial charge is 0.0905 e. The van der Waals surface area contributed by atoms with E-state index in [1.165, 1.54) is 54.2 Å². The van der Waals surface area contributed by atoms with Crippen molar-refractivity contribution >= 4 is 65.4 Å². The fourth-order valence-electron chi connectivity index (χ4n) is 8.76. The Kier molecular flexibility index (Phi) is 9.66. The Hall–Kier alpha value is -7.80. The molecule has 0 heterocycles. The van der Waals surface area contributed by atoms with Crippen molar-refractivity contribution in [2.75, 3.05) is 0 Å². The van der Waals surface area contributed by atoms with Crippen molar-refractivity contribution in [2.45, 2.75) is 0 Å². The van der Waals surface area contributed by atoms with Crippen LogP contribution in [0.3, 0.4) is 0 Å². The summed E-state index contributed by atoms with van der Waals surface area (Å²) in [6.45, 7) is 9.18. The summed E-state index contributed by atoms with van der Waals surface area (Å²) in [7, 11) is 0. The number of benzene rings is 10. The summed E-state index contributed by atoms with van der Waals surface area (Å²) in [5.74, 6) is 0. The number of allylic oxidation sites excluding steroid dienone is 2. The summed E-state index contributed by atoms with van der Waals surface area (Å²) in [6, 6.07) is 78.4. The van der Waals surface area contributed by atoms with Gasteiger partial charge >= 0.3 is 0 Å². The molecule has 0 radical (unpaired) electrons. The molecule has 0 atom stereocenters. The molecule has 282 valence electrons. The first kappa shape index (κ1) is 36.5. The molecule has 0 aliphatic rings. The highest BCUT2D eigenvalue weighted by molar-refractivity contribution is 6.03. The number of hydrogen-bond donors (Lipinski definition) is 0. The third-order valence-electron chi connectivity index (χ3n) is 11.9. The van der Waals surface area contributed by atoms with Crippen LogP contribution in [0.5, 0.6) is 0 Å². The highest BCUT2D eigenvalue weighted by atomic mass is 14.2. The van der Waals surface area contributed by atoms with Crippen LogP contribution >= 0.6 is 0 Å². The highest BCUT2D eigenvalue weighted by Gasteiger charge is 2.15. The summed E-state index contributed by atoms with van der Waals surface area (Å²) in [5, 5.41) is 9.70. The Balaban J connectivity index is 1.11. The summed E-state index contributed by atoms with van der Waals surface area (Å²) in [6.07, 6.45) is 4.63. The molecule has 0 saturated heterocycles. The van der Waals surface area contributed by atoms with Crippen molar-refractivity contribution in [3.8, 4) is 0 Å². The number of rotatable bonds is 9. The summed E-state index contributed by atoms with van der Waals surface area (Å²) >= 11 is 0. The van der Waals surface area contributed by atoms with Gasteiger partial charge in [-0.1, -0.05) is 244 Å². The Bertz CT molecular complexity index is 3070. The van der Waals surface area contributed by atoms with Crippen molar-refractivity contribution in [3.63, 3.8) is 0 Å². The van der Waals surface area contributed by atoms with Gasteiger partial charge in [0.25, 0.3) is 0 Å². The maximum Gasteiger partial charge on any atom is -0.00994 e. The maximum absolute atomic E-state index is 4.59. The fraction of sp³-hybridized carbons (Fsp3) is 0. The van der Waals surface area contributed by atoms with E-state index in [0.29, 0.717) is 0 Å². The summed E-state index contributed by atoms with van der Waals surface area (Å²) < 4.78 is 0. The molecule has 0 nitrogen and oxygen atoms in total. The van der Waals surface area contributed by atoms with Crippen LogP contribution in [-0.2, 0) is 0 Å². The average Bonchev–Trinajstić information content (AvgIpc) is 3.32. The molecular weight excluding hydrogens is 721 g/mol. The first-order chi connectivity index (χ1) is 29.6.